The normalized spacial score (nSPS) is 14.6. The first-order valence-corrected chi connectivity index (χ1v) is 7.40. The Hall–Kier alpha value is -1.65. The van der Waals surface area contributed by atoms with Crippen molar-refractivity contribution in [2.75, 3.05) is 7.05 Å². The summed E-state index contributed by atoms with van der Waals surface area (Å²) in [5.41, 5.74) is 0.961. The molecule has 2 aromatic rings. The van der Waals surface area contributed by atoms with Gasteiger partial charge in [-0.3, -0.25) is 4.90 Å². The highest BCUT2D eigenvalue weighted by atomic mass is 16.3. The third kappa shape index (κ3) is 3.71. The zero-order chi connectivity index (χ0) is 15.4. The van der Waals surface area contributed by atoms with Crippen LogP contribution >= 0.6 is 0 Å². The van der Waals surface area contributed by atoms with Gasteiger partial charge in [0.1, 0.15) is 5.82 Å². The average Bonchev–Trinajstić information content (AvgIpc) is 2.85. The van der Waals surface area contributed by atoms with Crippen molar-refractivity contribution in [1.82, 2.24) is 14.5 Å². The molecule has 0 fully saturated rings. The summed E-state index contributed by atoms with van der Waals surface area (Å²) in [6, 6.07) is 9.91. The smallest absolute Gasteiger partial charge is 0.122 e. The molecule has 4 heteroatoms. The second-order valence-corrected chi connectivity index (χ2v) is 5.96. The van der Waals surface area contributed by atoms with Crippen LogP contribution in [-0.2, 0) is 13.6 Å². The molecule has 0 bridgehead atoms. The molecule has 2 atom stereocenters. The molecule has 2 unspecified atom stereocenters. The highest BCUT2D eigenvalue weighted by Gasteiger charge is 2.28. The standard InChI is InChI=1S/C17H25N3O/c1-13(2)16(17(21)14-8-6-5-7-9-14)20(4)12-15-18-10-11-19(15)3/h5-11,13,16-17,21H,12H2,1-4H3. The molecule has 0 saturated carbocycles. The Morgan fingerprint density at radius 1 is 1.24 bits per heavy atom. The van der Waals surface area contributed by atoms with E-state index in [1.807, 2.05) is 55.2 Å². The van der Waals surface area contributed by atoms with Crippen LogP contribution in [0.25, 0.3) is 0 Å². The molecule has 0 saturated heterocycles. The molecule has 2 rings (SSSR count). The molecule has 0 aliphatic rings. The minimum atomic E-state index is -0.503. The van der Waals surface area contributed by atoms with Crippen molar-refractivity contribution in [3.05, 3.63) is 54.1 Å². The summed E-state index contributed by atoms with van der Waals surface area (Å²) in [5, 5.41) is 10.8. The van der Waals surface area contributed by atoms with Crippen LogP contribution in [-0.4, -0.2) is 32.6 Å². The molecule has 1 heterocycles. The molecule has 0 spiro atoms. The number of aliphatic hydroxyl groups is 1. The molecule has 0 aliphatic carbocycles. The Kier molecular flexibility index (Phi) is 5.15. The van der Waals surface area contributed by atoms with Crippen molar-refractivity contribution in [1.29, 1.82) is 0 Å². The first-order valence-electron chi connectivity index (χ1n) is 7.40. The molecule has 1 aromatic heterocycles. The molecule has 21 heavy (non-hydrogen) atoms. The highest BCUT2D eigenvalue weighted by Crippen LogP contribution is 2.26. The van der Waals surface area contributed by atoms with Crippen LogP contribution in [0.2, 0.25) is 0 Å². The molecule has 4 nitrogen and oxygen atoms in total. The van der Waals surface area contributed by atoms with E-state index in [0.717, 1.165) is 17.9 Å². The van der Waals surface area contributed by atoms with Crippen LogP contribution in [0.5, 0.6) is 0 Å². The average molecular weight is 287 g/mol. The monoisotopic (exact) mass is 287 g/mol. The number of hydrogen-bond acceptors (Lipinski definition) is 3. The van der Waals surface area contributed by atoms with Gasteiger partial charge >= 0.3 is 0 Å². The van der Waals surface area contributed by atoms with Crippen molar-refractivity contribution in [2.45, 2.75) is 32.5 Å². The van der Waals surface area contributed by atoms with Gasteiger partial charge in [0.05, 0.1) is 12.6 Å². The lowest BCUT2D eigenvalue weighted by Gasteiger charge is -2.35. The molecule has 1 aromatic carbocycles. The van der Waals surface area contributed by atoms with Crippen molar-refractivity contribution in [3.63, 3.8) is 0 Å². The predicted molar refractivity (Wildman–Crippen MR) is 84.7 cm³/mol. The minimum Gasteiger partial charge on any atom is -0.387 e. The maximum atomic E-state index is 10.8. The van der Waals surface area contributed by atoms with Crippen LogP contribution in [0, 0.1) is 5.92 Å². The Morgan fingerprint density at radius 3 is 2.43 bits per heavy atom. The highest BCUT2D eigenvalue weighted by molar-refractivity contribution is 5.19. The number of aryl methyl sites for hydroxylation is 1. The summed E-state index contributed by atoms with van der Waals surface area (Å²) < 4.78 is 2.02. The van der Waals surface area contributed by atoms with Crippen molar-refractivity contribution >= 4 is 0 Å². The molecule has 0 amide bonds. The summed E-state index contributed by atoms with van der Waals surface area (Å²) in [5.74, 6) is 1.34. The third-order valence-corrected chi connectivity index (χ3v) is 3.97. The topological polar surface area (TPSA) is 41.3 Å². The van der Waals surface area contributed by atoms with Gasteiger partial charge in [-0.25, -0.2) is 4.98 Å². The number of likely N-dealkylation sites (N-methyl/N-ethyl adjacent to an activating group) is 1. The lowest BCUT2D eigenvalue weighted by molar-refractivity contribution is 0.0310. The van der Waals surface area contributed by atoms with E-state index in [1.54, 1.807) is 6.20 Å². The van der Waals surface area contributed by atoms with E-state index < -0.39 is 6.10 Å². The SMILES string of the molecule is CC(C)C(C(O)c1ccccc1)N(C)Cc1nccn1C. The Morgan fingerprint density at radius 2 is 1.90 bits per heavy atom. The summed E-state index contributed by atoms with van der Waals surface area (Å²) >= 11 is 0. The number of benzene rings is 1. The predicted octanol–water partition coefficient (Wildman–Crippen LogP) is 2.61. The lowest BCUT2D eigenvalue weighted by atomic mass is 9.92. The van der Waals surface area contributed by atoms with Gasteiger partial charge in [-0.15, -0.1) is 0 Å². The largest absolute Gasteiger partial charge is 0.387 e. The molecule has 1 N–H and O–H groups in total. The van der Waals surface area contributed by atoms with E-state index in [9.17, 15) is 5.11 Å². The van der Waals surface area contributed by atoms with Gasteiger partial charge in [-0.2, -0.15) is 0 Å². The van der Waals surface area contributed by atoms with Crippen LogP contribution in [0.4, 0.5) is 0 Å². The quantitative estimate of drug-likeness (QED) is 0.888. The second-order valence-electron chi connectivity index (χ2n) is 5.96. The number of hydrogen-bond donors (Lipinski definition) is 1. The number of aliphatic hydroxyl groups excluding tert-OH is 1. The van der Waals surface area contributed by atoms with Gasteiger partial charge in [0, 0.05) is 25.5 Å². The summed E-state index contributed by atoms with van der Waals surface area (Å²) in [7, 11) is 4.04. The first kappa shape index (κ1) is 15.7. The Bertz CT molecular complexity index is 550. The van der Waals surface area contributed by atoms with Crippen molar-refractivity contribution < 1.29 is 5.11 Å². The molecular formula is C17H25N3O. The number of imidazole rings is 1. The summed E-state index contributed by atoms with van der Waals surface area (Å²) in [4.78, 5) is 6.55. The van der Waals surface area contributed by atoms with Gasteiger partial charge < -0.3 is 9.67 Å². The molecular weight excluding hydrogens is 262 g/mol. The summed E-state index contributed by atoms with van der Waals surface area (Å²) in [6.07, 6.45) is 3.25. The van der Waals surface area contributed by atoms with Crippen LogP contribution in [0.3, 0.4) is 0 Å². The zero-order valence-corrected chi connectivity index (χ0v) is 13.3. The lowest BCUT2D eigenvalue weighted by Crippen LogP contribution is -2.40. The van der Waals surface area contributed by atoms with Crippen LogP contribution in [0.1, 0.15) is 31.3 Å². The van der Waals surface area contributed by atoms with E-state index >= 15 is 0 Å². The maximum absolute atomic E-state index is 10.8. The fraction of sp³-hybridized carbons (Fsp3) is 0.471. The van der Waals surface area contributed by atoms with Crippen molar-refractivity contribution in [3.8, 4) is 0 Å². The Labute approximate surface area is 127 Å². The van der Waals surface area contributed by atoms with E-state index in [4.69, 9.17) is 0 Å². The van der Waals surface area contributed by atoms with Gasteiger partial charge in [0.2, 0.25) is 0 Å². The number of rotatable bonds is 6. The van der Waals surface area contributed by atoms with Gasteiger partial charge in [0.15, 0.2) is 0 Å². The second kappa shape index (κ2) is 6.87. The van der Waals surface area contributed by atoms with Gasteiger partial charge in [-0.05, 0) is 18.5 Å². The third-order valence-electron chi connectivity index (χ3n) is 3.97. The maximum Gasteiger partial charge on any atom is 0.122 e. The summed E-state index contributed by atoms with van der Waals surface area (Å²) in [6.45, 7) is 5.01. The molecule has 0 aliphatic heterocycles. The molecule has 114 valence electrons. The zero-order valence-electron chi connectivity index (χ0n) is 13.3. The van der Waals surface area contributed by atoms with Gasteiger partial charge in [-0.1, -0.05) is 44.2 Å². The fourth-order valence-electron chi connectivity index (χ4n) is 2.84. The van der Waals surface area contributed by atoms with Crippen LogP contribution < -0.4 is 0 Å². The first-order chi connectivity index (χ1) is 10.0. The fourth-order valence-corrected chi connectivity index (χ4v) is 2.84. The van der Waals surface area contributed by atoms with Crippen molar-refractivity contribution in [2.24, 2.45) is 13.0 Å². The molecule has 0 radical (unpaired) electrons. The number of aromatic nitrogens is 2. The minimum absolute atomic E-state index is 0.0455. The van der Waals surface area contributed by atoms with E-state index in [0.29, 0.717) is 5.92 Å². The Balaban J connectivity index is 2.16. The number of nitrogens with zero attached hydrogens (tertiary/aromatic N) is 3. The van der Waals surface area contributed by atoms with E-state index in [2.05, 4.69) is 23.7 Å². The van der Waals surface area contributed by atoms with Crippen LogP contribution in [0.15, 0.2) is 42.7 Å². The van der Waals surface area contributed by atoms with Gasteiger partial charge in [0.25, 0.3) is 0 Å². The van der Waals surface area contributed by atoms with E-state index in [-0.39, 0.29) is 6.04 Å². The van der Waals surface area contributed by atoms with E-state index in [1.165, 1.54) is 0 Å².